The molecule has 0 aromatic carbocycles. The van der Waals surface area contributed by atoms with Gasteiger partial charge in [0, 0.05) is 6.20 Å². The minimum atomic E-state index is -0.0774. The number of hydrogen-bond acceptors (Lipinski definition) is 5. The van der Waals surface area contributed by atoms with Crippen molar-refractivity contribution in [3.05, 3.63) is 45.7 Å². The average Bonchev–Trinajstić information content (AvgIpc) is 3.19. The Hall–Kier alpha value is -2.05. The summed E-state index contributed by atoms with van der Waals surface area (Å²) in [5, 5.41) is 5.46. The SMILES string of the molecule is O=c1[nH]c(-c2ccccn2)nc2c(CC3CCNC3)csc12. The second kappa shape index (κ2) is 5.62. The van der Waals surface area contributed by atoms with Crippen molar-refractivity contribution in [3.63, 3.8) is 0 Å². The van der Waals surface area contributed by atoms with E-state index in [1.54, 1.807) is 6.20 Å². The van der Waals surface area contributed by atoms with Crippen LogP contribution in [0.5, 0.6) is 0 Å². The lowest BCUT2D eigenvalue weighted by Gasteiger charge is -2.07. The van der Waals surface area contributed by atoms with Crippen LogP contribution in [0.25, 0.3) is 21.7 Å². The third-order valence-corrected chi connectivity index (χ3v) is 5.10. The van der Waals surface area contributed by atoms with Crippen molar-refractivity contribution >= 4 is 21.6 Å². The quantitative estimate of drug-likeness (QED) is 0.778. The van der Waals surface area contributed by atoms with Crippen LogP contribution in [0.3, 0.4) is 0 Å². The van der Waals surface area contributed by atoms with E-state index in [2.05, 4.69) is 25.6 Å². The molecule has 1 aliphatic rings. The molecule has 1 aliphatic heterocycles. The van der Waals surface area contributed by atoms with Crippen LogP contribution >= 0.6 is 11.3 Å². The molecule has 1 saturated heterocycles. The predicted molar refractivity (Wildman–Crippen MR) is 88.2 cm³/mol. The fourth-order valence-electron chi connectivity index (χ4n) is 2.94. The molecule has 0 radical (unpaired) electrons. The molecule has 1 atom stereocenters. The number of thiophene rings is 1. The summed E-state index contributed by atoms with van der Waals surface area (Å²) < 4.78 is 0.709. The highest BCUT2D eigenvalue weighted by molar-refractivity contribution is 7.17. The summed E-state index contributed by atoms with van der Waals surface area (Å²) in [6.45, 7) is 2.13. The third kappa shape index (κ3) is 2.44. The van der Waals surface area contributed by atoms with E-state index >= 15 is 0 Å². The van der Waals surface area contributed by atoms with Crippen LogP contribution in [-0.2, 0) is 6.42 Å². The zero-order chi connectivity index (χ0) is 14.9. The average molecular weight is 312 g/mol. The molecule has 0 saturated carbocycles. The maximum atomic E-state index is 12.3. The lowest BCUT2D eigenvalue weighted by Crippen LogP contribution is -2.12. The summed E-state index contributed by atoms with van der Waals surface area (Å²) in [5.74, 6) is 1.18. The summed E-state index contributed by atoms with van der Waals surface area (Å²) >= 11 is 1.48. The Morgan fingerprint density at radius 1 is 1.36 bits per heavy atom. The Kier molecular flexibility index (Phi) is 3.48. The molecule has 0 bridgehead atoms. The summed E-state index contributed by atoms with van der Waals surface area (Å²) in [7, 11) is 0. The first-order valence-electron chi connectivity index (χ1n) is 7.44. The van der Waals surface area contributed by atoms with Gasteiger partial charge < -0.3 is 10.3 Å². The van der Waals surface area contributed by atoms with Gasteiger partial charge in [-0.1, -0.05) is 6.07 Å². The van der Waals surface area contributed by atoms with Crippen LogP contribution in [0.1, 0.15) is 12.0 Å². The van der Waals surface area contributed by atoms with E-state index in [1.807, 2.05) is 18.2 Å². The fraction of sp³-hybridized carbons (Fsp3) is 0.312. The van der Waals surface area contributed by atoms with E-state index < -0.39 is 0 Å². The highest BCUT2D eigenvalue weighted by atomic mass is 32.1. The molecule has 112 valence electrons. The smallest absolute Gasteiger partial charge is 0.269 e. The van der Waals surface area contributed by atoms with Gasteiger partial charge >= 0.3 is 0 Å². The first kappa shape index (κ1) is 13.6. The molecule has 0 amide bonds. The zero-order valence-electron chi connectivity index (χ0n) is 12.0. The first-order valence-corrected chi connectivity index (χ1v) is 8.32. The number of fused-ring (bicyclic) bond motifs is 1. The summed E-state index contributed by atoms with van der Waals surface area (Å²) in [5.41, 5.74) is 2.63. The number of H-pyrrole nitrogens is 1. The number of pyridine rings is 1. The maximum absolute atomic E-state index is 12.3. The number of nitrogens with zero attached hydrogens (tertiary/aromatic N) is 2. The molecular weight excluding hydrogens is 296 g/mol. The molecule has 1 unspecified atom stereocenters. The van der Waals surface area contributed by atoms with E-state index in [4.69, 9.17) is 0 Å². The van der Waals surface area contributed by atoms with E-state index in [1.165, 1.54) is 23.3 Å². The number of rotatable bonds is 3. The van der Waals surface area contributed by atoms with Gasteiger partial charge in [-0.15, -0.1) is 11.3 Å². The largest absolute Gasteiger partial charge is 0.316 e. The van der Waals surface area contributed by atoms with Crippen LogP contribution in [0.4, 0.5) is 0 Å². The Morgan fingerprint density at radius 2 is 2.32 bits per heavy atom. The number of aromatic nitrogens is 3. The van der Waals surface area contributed by atoms with Gasteiger partial charge in [0.05, 0.1) is 5.52 Å². The van der Waals surface area contributed by atoms with E-state index in [-0.39, 0.29) is 5.56 Å². The topological polar surface area (TPSA) is 70.7 Å². The molecule has 0 spiro atoms. The van der Waals surface area contributed by atoms with E-state index in [0.29, 0.717) is 22.1 Å². The summed E-state index contributed by atoms with van der Waals surface area (Å²) in [4.78, 5) is 24.1. The Labute approximate surface area is 131 Å². The molecule has 6 heteroatoms. The van der Waals surface area contributed by atoms with Gasteiger partial charge in [0.15, 0.2) is 5.82 Å². The molecule has 3 aromatic heterocycles. The van der Waals surface area contributed by atoms with Gasteiger partial charge in [-0.3, -0.25) is 9.78 Å². The minimum absolute atomic E-state index is 0.0774. The minimum Gasteiger partial charge on any atom is -0.316 e. The van der Waals surface area contributed by atoms with Gasteiger partial charge in [0.2, 0.25) is 0 Å². The van der Waals surface area contributed by atoms with Crippen molar-refractivity contribution in [2.75, 3.05) is 13.1 Å². The Morgan fingerprint density at radius 3 is 3.09 bits per heavy atom. The Balaban J connectivity index is 1.79. The van der Waals surface area contributed by atoms with Crippen LogP contribution in [0, 0.1) is 5.92 Å². The van der Waals surface area contributed by atoms with Gasteiger partial charge in [-0.2, -0.15) is 0 Å². The second-order valence-electron chi connectivity index (χ2n) is 5.63. The van der Waals surface area contributed by atoms with Gasteiger partial charge in [0.1, 0.15) is 10.4 Å². The lowest BCUT2D eigenvalue weighted by atomic mass is 10.00. The molecule has 1 fully saturated rings. The third-order valence-electron chi connectivity index (χ3n) is 4.08. The summed E-state index contributed by atoms with van der Waals surface area (Å²) in [6, 6.07) is 5.60. The molecule has 0 aliphatic carbocycles. The normalized spacial score (nSPS) is 18.1. The van der Waals surface area contributed by atoms with E-state index in [9.17, 15) is 4.79 Å². The zero-order valence-corrected chi connectivity index (χ0v) is 12.8. The molecule has 3 aromatic rings. The molecule has 5 nitrogen and oxygen atoms in total. The van der Waals surface area contributed by atoms with Crippen molar-refractivity contribution < 1.29 is 0 Å². The van der Waals surface area contributed by atoms with Crippen molar-refractivity contribution in [2.24, 2.45) is 5.92 Å². The van der Waals surface area contributed by atoms with Crippen LogP contribution in [0.15, 0.2) is 34.6 Å². The van der Waals surface area contributed by atoms with Crippen molar-refractivity contribution in [2.45, 2.75) is 12.8 Å². The molecule has 2 N–H and O–H groups in total. The molecule has 22 heavy (non-hydrogen) atoms. The van der Waals surface area contributed by atoms with E-state index in [0.717, 1.165) is 25.0 Å². The first-order chi connectivity index (χ1) is 10.8. The predicted octanol–water partition coefficient (Wildman–Crippen LogP) is 2.20. The lowest BCUT2D eigenvalue weighted by molar-refractivity contribution is 0.582. The molecule has 4 heterocycles. The highest BCUT2D eigenvalue weighted by Crippen LogP contribution is 2.26. The fourth-order valence-corrected chi connectivity index (χ4v) is 3.86. The van der Waals surface area contributed by atoms with Crippen LogP contribution < -0.4 is 10.9 Å². The number of hydrogen-bond donors (Lipinski definition) is 2. The van der Waals surface area contributed by atoms with Gasteiger partial charge in [-0.25, -0.2) is 4.98 Å². The number of nitrogens with one attached hydrogen (secondary N) is 2. The standard InChI is InChI=1S/C16H16N4OS/c21-16-14-13(11(9-22-14)7-10-4-6-17-8-10)19-15(20-16)12-3-1-2-5-18-12/h1-3,5,9-10,17H,4,6-8H2,(H,19,20,21). The van der Waals surface area contributed by atoms with Gasteiger partial charge in [0.25, 0.3) is 5.56 Å². The van der Waals surface area contributed by atoms with Crippen molar-refractivity contribution in [3.8, 4) is 11.5 Å². The monoisotopic (exact) mass is 312 g/mol. The van der Waals surface area contributed by atoms with Crippen molar-refractivity contribution in [1.82, 2.24) is 20.3 Å². The van der Waals surface area contributed by atoms with Crippen LogP contribution in [0.2, 0.25) is 0 Å². The summed E-state index contributed by atoms with van der Waals surface area (Å²) in [6.07, 6.45) is 3.87. The van der Waals surface area contributed by atoms with Crippen molar-refractivity contribution in [1.29, 1.82) is 0 Å². The molecule has 4 rings (SSSR count). The second-order valence-corrected chi connectivity index (χ2v) is 6.51. The molecular formula is C16H16N4OS. The number of aromatic amines is 1. The van der Waals surface area contributed by atoms with Crippen LogP contribution in [-0.4, -0.2) is 28.0 Å². The Bertz CT molecular complexity index is 849. The van der Waals surface area contributed by atoms with Gasteiger partial charge in [-0.05, 0) is 54.9 Å². The maximum Gasteiger partial charge on any atom is 0.269 e. The highest BCUT2D eigenvalue weighted by Gasteiger charge is 2.19.